The van der Waals surface area contributed by atoms with Gasteiger partial charge in [0.1, 0.15) is 5.82 Å². The largest absolute Gasteiger partial charge is 0.376 e. The van der Waals surface area contributed by atoms with Crippen LogP contribution < -0.4 is 5.56 Å². The van der Waals surface area contributed by atoms with Gasteiger partial charge in [-0.1, -0.05) is 12.1 Å². The van der Waals surface area contributed by atoms with Gasteiger partial charge in [-0.15, -0.1) is 11.6 Å². The number of rotatable bonds is 2. The van der Waals surface area contributed by atoms with Gasteiger partial charge in [-0.3, -0.25) is 9.36 Å². The Morgan fingerprint density at radius 1 is 1.47 bits per heavy atom. The van der Waals surface area contributed by atoms with Crippen LogP contribution in [0.2, 0.25) is 0 Å². The summed E-state index contributed by atoms with van der Waals surface area (Å²) in [5, 5.41) is 0.635. The van der Waals surface area contributed by atoms with Gasteiger partial charge in [0.2, 0.25) is 0 Å². The van der Waals surface area contributed by atoms with Gasteiger partial charge < -0.3 is 4.74 Å². The molecular formula is C14H15ClN2O2. The summed E-state index contributed by atoms with van der Waals surface area (Å²) >= 11 is 5.97. The van der Waals surface area contributed by atoms with Crippen molar-refractivity contribution in [2.24, 2.45) is 0 Å². The fourth-order valence-electron chi connectivity index (χ4n) is 2.69. The second-order valence-electron chi connectivity index (χ2n) is 4.79. The van der Waals surface area contributed by atoms with Crippen molar-refractivity contribution in [3.05, 3.63) is 40.4 Å². The molecule has 0 bridgehead atoms. The van der Waals surface area contributed by atoms with Gasteiger partial charge in [-0.25, -0.2) is 4.98 Å². The Labute approximate surface area is 116 Å². The predicted molar refractivity (Wildman–Crippen MR) is 74.6 cm³/mol. The number of hydrogen-bond acceptors (Lipinski definition) is 3. The Morgan fingerprint density at radius 2 is 2.26 bits per heavy atom. The van der Waals surface area contributed by atoms with Crippen LogP contribution in [0.3, 0.4) is 0 Å². The van der Waals surface area contributed by atoms with Crippen molar-refractivity contribution in [2.75, 3.05) is 6.61 Å². The Bertz CT molecular complexity index is 668. The van der Waals surface area contributed by atoms with Crippen LogP contribution in [0.25, 0.3) is 10.9 Å². The molecule has 0 spiro atoms. The zero-order valence-electron chi connectivity index (χ0n) is 10.7. The molecule has 0 radical (unpaired) electrons. The summed E-state index contributed by atoms with van der Waals surface area (Å²) in [4.78, 5) is 17.2. The van der Waals surface area contributed by atoms with E-state index in [0.29, 0.717) is 23.3 Å². The molecule has 5 heteroatoms. The molecular weight excluding hydrogens is 264 g/mol. The first-order chi connectivity index (χ1) is 9.22. The van der Waals surface area contributed by atoms with E-state index in [1.54, 1.807) is 10.6 Å². The highest BCUT2D eigenvalue weighted by Gasteiger charge is 2.29. The number of fused-ring (bicyclic) bond motifs is 1. The molecule has 2 atom stereocenters. The standard InChI is InChI=1S/C14H15ClN2O2/c1-9-12(6-7-19-9)17-13(8-15)16-11-5-3-2-4-10(11)14(17)18/h2-5,9,12H,6-8H2,1H3. The van der Waals surface area contributed by atoms with E-state index >= 15 is 0 Å². The SMILES string of the molecule is CC1OCCC1n1c(CCl)nc2ccccc2c1=O. The first-order valence-electron chi connectivity index (χ1n) is 6.40. The van der Waals surface area contributed by atoms with Crippen molar-refractivity contribution >= 4 is 22.5 Å². The van der Waals surface area contributed by atoms with Crippen molar-refractivity contribution in [1.82, 2.24) is 9.55 Å². The third-order valence-electron chi connectivity index (χ3n) is 3.67. The van der Waals surface area contributed by atoms with E-state index in [0.717, 1.165) is 6.42 Å². The molecule has 2 heterocycles. The number of alkyl halides is 1. The van der Waals surface area contributed by atoms with E-state index in [-0.39, 0.29) is 23.6 Å². The minimum atomic E-state index is -0.0244. The van der Waals surface area contributed by atoms with Crippen molar-refractivity contribution in [3.8, 4) is 0 Å². The molecule has 4 nitrogen and oxygen atoms in total. The maximum Gasteiger partial charge on any atom is 0.261 e. The quantitative estimate of drug-likeness (QED) is 0.793. The average molecular weight is 279 g/mol. The van der Waals surface area contributed by atoms with Gasteiger partial charge in [-0.2, -0.15) is 0 Å². The molecule has 2 unspecified atom stereocenters. The maximum absolute atomic E-state index is 12.6. The number of para-hydroxylation sites is 1. The lowest BCUT2D eigenvalue weighted by atomic mass is 10.1. The molecule has 19 heavy (non-hydrogen) atoms. The highest BCUT2D eigenvalue weighted by molar-refractivity contribution is 6.16. The summed E-state index contributed by atoms with van der Waals surface area (Å²) < 4.78 is 7.27. The lowest BCUT2D eigenvalue weighted by Gasteiger charge is -2.20. The zero-order chi connectivity index (χ0) is 13.4. The number of ether oxygens (including phenoxy) is 1. The molecule has 1 aromatic carbocycles. The lowest BCUT2D eigenvalue weighted by Crippen LogP contribution is -2.32. The second-order valence-corrected chi connectivity index (χ2v) is 5.05. The van der Waals surface area contributed by atoms with Gasteiger partial charge in [0.05, 0.1) is 28.9 Å². The Balaban J connectivity index is 2.27. The Kier molecular flexibility index (Phi) is 3.29. The summed E-state index contributed by atoms with van der Waals surface area (Å²) in [6.07, 6.45) is 0.841. The van der Waals surface area contributed by atoms with E-state index < -0.39 is 0 Å². The van der Waals surface area contributed by atoms with Crippen molar-refractivity contribution in [3.63, 3.8) is 0 Å². The molecule has 0 aliphatic carbocycles. The molecule has 1 aliphatic rings. The maximum atomic E-state index is 12.6. The topological polar surface area (TPSA) is 44.1 Å². The predicted octanol–water partition coefficient (Wildman–Crippen LogP) is 2.49. The molecule has 1 fully saturated rings. The van der Waals surface area contributed by atoms with Crippen LogP contribution in [0.1, 0.15) is 25.2 Å². The second kappa shape index (κ2) is 4.94. The molecule has 0 amide bonds. The van der Waals surface area contributed by atoms with Gasteiger partial charge in [0.25, 0.3) is 5.56 Å². The number of halogens is 1. The Hall–Kier alpha value is -1.39. The zero-order valence-corrected chi connectivity index (χ0v) is 11.4. The number of hydrogen-bond donors (Lipinski definition) is 0. The van der Waals surface area contributed by atoms with Gasteiger partial charge in [0.15, 0.2) is 0 Å². The van der Waals surface area contributed by atoms with Crippen molar-refractivity contribution in [2.45, 2.75) is 31.4 Å². The minimum Gasteiger partial charge on any atom is -0.376 e. The first-order valence-corrected chi connectivity index (χ1v) is 6.93. The molecule has 0 saturated carbocycles. The van der Waals surface area contributed by atoms with Crippen molar-refractivity contribution < 1.29 is 4.74 Å². The molecule has 0 N–H and O–H groups in total. The molecule has 3 rings (SSSR count). The van der Waals surface area contributed by atoms with Crippen LogP contribution in [0.5, 0.6) is 0 Å². The number of aromatic nitrogens is 2. The number of nitrogens with zero attached hydrogens (tertiary/aromatic N) is 2. The third kappa shape index (κ3) is 2.05. The van der Waals surface area contributed by atoms with Gasteiger partial charge >= 0.3 is 0 Å². The monoisotopic (exact) mass is 278 g/mol. The van der Waals surface area contributed by atoms with E-state index in [9.17, 15) is 4.79 Å². The van der Waals surface area contributed by atoms with E-state index in [1.165, 1.54) is 0 Å². The molecule has 100 valence electrons. The smallest absolute Gasteiger partial charge is 0.261 e. The summed E-state index contributed by atoms with van der Waals surface area (Å²) in [6, 6.07) is 7.40. The van der Waals surface area contributed by atoms with E-state index in [4.69, 9.17) is 16.3 Å². The summed E-state index contributed by atoms with van der Waals surface area (Å²) in [7, 11) is 0. The van der Waals surface area contributed by atoms with E-state index in [1.807, 2.05) is 25.1 Å². The van der Waals surface area contributed by atoms with Crippen LogP contribution in [-0.2, 0) is 10.6 Å². The molecule has 1 saturated heterocycles. The fraction of sp³-hybridized carbons (Fsp3) is 0.429. The highest BCUT2D eigenvalue weighted by Crippen LogP contribution is 2.26. The van der Waals surface area contributed by atoms with Crippen LogP contribution in [0, 0.1) is 0 Å². The lowest BCUT2D eigenvalue weighted by molar-refractivity contribution is 0.106. The summed E-state index contributed by atoms with van der Waals surface area (Å²) in [6.45, 7) is 2.66. The van der Waals surface area contributed by atoms with Crippen LogP contribution in [0.4, 0.5) is 0 Å². The number of benzene rings is 1. The average Bonchev–Trinajstić information content (AvgIpc) is 2.84. The van der Waals surface area contributed by atoms with Gasteiger partial charge in [-0.05, 0) is 25.5 Å². The summed E-state index contributed by atoms with van der Waals surface area (Å²) in [5.74, 6) is 0.844. The van der Waals surface area contributed by atoms with Gasteiger partial charge in [0, 0.05) is 6.61 Å². The van der Waals surface area contributed by atoms with Crippen LogP contribution in [0.15, 0.2) is 29.1 Å². The molecule has 1 aliphatic heterocycles. The normalized spacial score (nSPS) is 23.1. The van der Waals surface area contributed by atoms with E-state index in [2.05, 4.69) is 4.98 Å². The first kappa shape index (κ1) is 12.6. The third-order valence-corrected chi connectivity index (χ3v) is 3.91. The summed E-state index contributed by atoms with van der Waals surface area (Å²) in [5.41, 5.74) is 0.676. The van der Waals surface area contributed by atoms with Crippen LogP contribution in [-0.4, -0.2) is 22.3 Å². The minimum absolute atomic E-state index is 0.0163. The van der Waals surface area contributed by atoms with Crippen LogP contribution >= 0.6 is 11.6 Å². The molecule has 1 aromatic heterocycles. The Morgan fingerprint density at radius 3 is 2.95 bits per heavy atom. The fourth-order valence-corrected chi connectivity index (χ4v) is 2.88. The van der Waals surface area contributed by atoms with Crippen molar-refractivity contribution in [1.29, 1.82) is 0 Å². The molecule has 2 aromatic rings. The highest BCUT2D eigenvalue weighted by atomic mass is 35.5.